The van der Waals surface area contributed by atoms with E-state index in [1.807, 2.05) is 13.8 Å². The Balaban J connectivity index is 1.52. The zero-order chi connectivity index (χ0) is 15.5. The molecule has 22 heavy (non-hydrogen) atoms. The van der Waals surface area contributed by atoms with Crippen LogP contribution in [0.25, 0.3) is 0 Å². The Bertz CT molecular complexity index is 635. The molecule has 0 aliphatic carbocycles. The lowest BCUT2D eigenvalue weighted by atomic mass is 10.1. The maximum atomic E-state index is 6.06. The molecule has 1 aliphatic rings. The molecule has 0 N–H and O–H groups in total. The topological polar surface area (TPSA) is 51.1 Å². The molecule has 118 valence electrons. The van der Waals surface area contributed by atoms with Crippen molar-refractivity contribution in [3.05, 3.63) is 33.7 Å². The van der Waals surface area contributed by atoms with E-state index in [1.54, 1.807) is 17.5 Å². The maximum Gasteiger partial charge on any atom is 0.235 e. The Hall–Kier alpha value is -1.53. The molecular formula is C16H22N4OS. The molecule has 0 bridgehead atoms. The molecule has 0 radical (unpaired) electrons. The summed E-state index contributed by atoms with van der Waals surface area (Å²) in [5.74, 6) is 0.688. The minimum atomic E-state index is 0.239. The predicted molar refractivity (Wildman–Crippen MR) is 87.3 cm³/mol. The van der Waals surface area contributed by atoms with Crippen LogP contribution < -0.4 is 4.74 Å². The Labute approximate surface area is 135 Å². The Kier molecular flexibility index (Phi) is 4.69. The first-order valence-corrected chi connectivity index (χ1v) is 8.58. The third-order valence-electron chi connectivity index (χ3n) is 3.90. The summed E-state index contributed by atoms with van der Waals surface area (Å²) in [5, 5.41) is 3.30. The van der Waals surface area contributed by atoms with Crippen molar-refractivity contribution in [2.75, 3.05) is 13.1 Å². The zero-order valence-corrected chi connectivity index (χ0v) is 14.2. The first-order chi connectivity index (χ1) is 10.6. The molecule has 3 heterocycles. The van der Waals surface area contributed by atoms with Crippen LogP contribution in [-0.2, 0) is 6.54 Å². The largest absolute Gasteiger partial charge is 0.473 e. The van der Waals surface area contributed by atoms with Gasteiger partial charge in [-0.1, -0.05) is 0 Å². The quantitative estimate of drug-likeness (QED) is 0.867. The molecule has 0 atom stereocenters. The number of likely N-dealkylation sites (tertiary alicyclic amines) is 1. The first-order valence-electron chi connectivity index (χ1n) is 7.70. The molecule has 0 amide bonds. The number of hydrogen-bond donors (Lipinski definition) is 0. The van der Waals surface area contributed by atoms with E-state index >= 15 is 0 Å². The molecule has 3 rings (SSSR count). The Morgan fingerprint density at radius 1 is 1.23 bits per heavy atom. The summed E-state index contributed by atoms with van der Waals surface area (Å²) in [6.07, 6.45) is 4.07. The van der Waals surface area contributed by atoms with Gasteiger partial charge in [0.1, 0.15) is 6.10 Å². The average molecular weight is 318 g/mol. The second kappa shape index (κ2) is 6.71. The number of piperidine rings is 1. The van der Waals surface area contributed by atoms with E-state index in [0.29, 0.717) is 5.88 Å². The molecule has 0 aromatic carbocycles. The number of thiazole rings is 1. The van der Waals surface area contributed by atoms with Crippen LogP contribution >= 0.6 is 11.3 Å². The maximum absolute atomic E-state index is 6.06. The van der Waals surface area contributed by atoms with Gasteiger partial charge in [-0.3, -0.25) is 9.88 Å². The van der Waals surface area contributed by atoms with Gasteiger partial charge in [0.25, 0.3) is 0 Å². The van der Waals surface area contributed by atoms with Crippen LogP contribution in [0.4, 0.5) is 0 Å². The SMILES string of the molecule is Cc1cnc(C)c(OC2CCN(Cc3csc(C)n3)CC2)n1. The van der Waals surface area contributed by atoms with Crippen LogP contribution in [0.1, 0.15) is 34.9 Å². The van der Waals surface area contributed by atoms with Crippen LogP contribution in [0.2, 0.25) is 0 Å². The summed E-state index contributed by atoms with van der Waals surface area (Å²) in [7, 11) is 0. The van der Waals surface area contributed by atoms with Gasteiger partial charge < -0.3 is 4.74 Å². The van der Waals surface area contributed by atoms with Crippen LogP contribution in [0.5, 0.6) is 5.88 Å². The monoisotopic (exact) mass is 318 g/mol. The van der Waals surface area contributed by atoms with E-state index < -0.39 is 0 Å². The van der Waals surface area contributed by atoms with E-state index in [0.717, 1.165) is 48.9 Å². The van der Waals surface area contributed by atoms with Gasteiger partial charge in [-0.15, -0.1) is 11.3 Å². The van der Waals surface area contributed by atoms with Crippen molar-refractivity contribution in [1.29, 1.82) is 0 Å². The molecule has 2 aromatic heterocycles. The fourth-order valence-corrected chi connectivity index (χ4v) is 3.28. The lowest BCUT2D eigenvalue weighted by Crippen LogP contribution is -2.38. The summed E-state index contributed by atoms with van der Waals surface area (Å²) in [6, 6.07) is 0. The van der Waals surface area contributed by atoms with Crippen LogP contribution in [0.3, 0.4) is 0 Å². The van der Waals surface area contributed by atoms with Gasteiger partial charge >= 0.3 is 0 Å². The van der Waals surface area contributed by atoms with Crippen molar-refractivity contribution in [1.82, 2.24) is 19.9 Å². The van der Waals surface area contributed by atoms with Crippen molar-refractivity contribution in [2.24, 2.45) is 0 Å². The lowest BCUT2D eigenvalue weighted by Gasteiger charge is -2.31. The molecule has 1 fully saturated rings. The van der Waals surface area contributed by atoms with Gasteiger partial charge in [-0.05, 0) is 33.6 Å². The minimum absolute atomic E-state index is 0.239. The smallest absolute Gasteiger partial charge is 0.235 e. The van der Waals surface area contributed by atoms with Gasteiger partial charge in [0.2, 0.25) is 5.88 Å². The van der Waals surface area contributed by atoms with E-state index in [4.69, 9.17) is 4.74 Å². The molecular weight excluding hydrogens is 296 g/mol. The summed E-state index contributed by atoms with van der Waals surface area (Å²) in [5.41, 5.74) is 2.95. The first kappa shape index (κ1) is 15.4. The van der Waals surface area contributed by atoms with Gasteiger partial charge in [-0.2, -0.15) is 0 Å². The number of hydrogen-bond acceptors (Lipinski definition) is 6. The van der Waals surface area contributed by atoms with Crippen LogP contribution in [0, 0.1) is 20.8 Å². The van der Waals surface area contributed by atoms with Crippen LogP contribution in [0.15, 0.2) is 11.6 Å². The molecule has 0 unspecified atom stereocenters. The number of nitrogens with zero attached hydrogens (tertiary/aromatic N) is 4. The zero-order valence-electron chi connectivity index (χ0n) is 13.4. The molecule has 5 nitrogen and oxygen atoms in total. The summed E-state index contributed by atoms with van der Waals surface area (Å²) < 4.78 is 6.06. The highest BCUT2D eigenvalue weighted by Gasteiger charge is 2.22. The molecule has 6 heteroatoms. The Morgan fingerprint density at radius 2 is 2.00 bits per heavy atom. The molecule has 1 saturated heterocycles. The third-order valence-corrected chi connectivity index (χ3v) is 4.72. The molecule has 0 spiro atoms. The van der Waals surface area contributed by atoms with Crippen molar-refractivity contribution in [3.8, 4) is 5.88 Å². The van der Waals surface area contributed by atoms with Gasteiger partial charge in [0.05, 0.1) is 22.1 Å². The number of aromatic nitrogens is 3. The minimum Gasteiger partial charge on any atom is -0.473 e. The predicted octanol–water partition coefficient (Wildman–Crippen LogP) is 2.90. The number of ether oxygens (including phenoxy) is 1. The van der Waals surface area contributed by atoms with E-state index in [9.17, 15) is 0 Å². The fraction of sp³-hybridized carbons (Fsp3) is 0.562. The average Bonchev–Trinajstić information content (AvgIpc) is 2.90. The lowest BCUT2D eigenvalue weighted by molar-refractivity contribution is 0.0915. The molecule has 2 aromatic rings. The second-order valence-electron chi connectivity index (χ2n) is 5.85. The second-order valence-corrected chi connectivity index (χ2v) is 6.92. The highest BCUT2D eigenvalue weighted by molar-refractivity contribution is 7.09. The fourth-order valence-electron chi connectivity index (χ4n) is 2.68. The standard InChI is InChI=1S/C16H22N4OS/c1-11-8-17-12(2)16(18-11)21-15-4-6-20(7-5-15)9-14-10-22-13(3)19-14/h8,10,15H,4-7,9H2,1-3H3. The van der Waals surface area contributed by atoms with Crippen LogP contribution in [-0.4, -0.2) is 39.0 Å². The van der Waals surface area contributed by atoms with E-state index in [1.165, 1.54) is 5.69 Å². The van der Waals surface area contributed by atoms with Crippen molar-refractivity contribution >= 4 is 11.3 Å². The highest BCUT2D eigenvalue weighted by Crippen LogP contribution is 2.21. The van der Waals surface area contributed by atoms with Crippen molar-refractivity contribution in [2.45, 2.75) is 46.3 Å². The van der Waals surface area contributed by atoms with Gasteiger partial charge in [-0.25, -0.2) is 9.97 Å². The summed E-state index contributed by atoms with van der Waals surface area (Å²) >= 11 is 1.72. The number of aryl methyl sites for hydroxylation is 3. The number of rotatable bonds is 4. The Morgan fingerprint density at radius 3 is 2.68 bits per heavy atom. The van der Waals surface area contributed by atoms with E-state index in [-0.39, 0.29) is 6.10 Å². The molecule has 1 aliphatic heterocycles. The third kappa shape index (κ3) is 3.81. The molecule has 0 saturated carbocycles. The summed E-state index contributed by atoms with van der Waals surface area (Å²) in [4.78, 5) is 15.7. The summed E-state index contributed by atoms with van der Waals surface area (Å²) in [6.45, 7) is 8.97. The van der Waals surface area contributed by atoms with Gasteiger partial charge in [0.15, 0.2) is 0 Å². The van der Waals surface area contributed by atoms with Gasteiger partial charge in [0, 0.05) is 31.2 Å². The van der Waals surface area contributed by atoms with E-state index in [2.05, 4.69) is 32.2 Å². The highest BCUT2D eigenvalue weighted by atomic mass is 32.1. The van der Waals surface area contributed by atoms with Crippen molar-refractivity contribution in [3.63, 3.8) is 0 Å². The normalized spacial score (nSPS) is 16.9. The van der Waals surface area contributed by atoms with Crippen molar-refractivity contribution < 1.29 is 4.74 Å².